The van der Waals surface area contributed by atoms with Crippen LogP contribution in [0.15, 0.2) is 30.3 Å². The molecule has 2 unspecified atom stereocenters. The summed E-state index contributed by atoms with van der Waals surface area (Å²) < 4.78 is 38.7. The first-order valence-electron chi connectivity index (χ1n) is 5.45. The van der Waals surface area contributed by atoms with E-state index in [2.05, 4.69) is 5.43 Å². The number of primary amides is 1. The molecule has 0 saturated carbocycles. The molecular formula is C11H12F3N3O2. The van der Waals surface area contributed by atoms with Gasteiger partial charge in [-0.3, -0.25) is 0 Å². The molecule has 1 saturated heterocycles. The maximum absolute atomic E-state index is 12.9. The Hall–Kier alpha value is -1.80. The summed E-state index contributed by atoms with van der Waals surface area (Å²) in [5.74, 6) is 0. The zero-order valence-electron chi connectivity index (χ0n) is 9.69. The number of amides is 2. The fourth-order valence-corrected chi connectivity index (χ4v) is 2.05. The van der Waals surface area contributed by atoms with Gasteiger partial charge in [0.2, 0.25) is 0 Å². The fourth-order valence-electron chi connectivity index (χ4n) is 2.05. The molecule has 2 rings (SSSR count). The number of carbonyl (C=O) groups excluding carboxylic acids is 1. The van der Waals surface area contributed by atoms with E-state index in [1.165, 1.54) is 0 Å². The molecule has 0 radical (unpaired) electrons. The molecule has 0 bridgehead atoms. The summed E-state index contributed by atoms with van der Waals surface area (Å²) in [5, 5.41) is 9.76. The first-order valence-corrected chi connectivity index (χ1v) is 5.45. The first kappa shape index (κ1) is 13.6. The quantitative estimate of drug-likeness (QED) is 0.722. The Balaban J connectivity index is 2.34. The van der Waals surface area contributed by atoms with E-state index in [4.69, 9.17) is 5.73 Å². The van der Waals surface area contributed by atoms with E-state index >= 15 is 0 Å². The summed E-state index contributed by atoms with van der Waals surface area (Å²) in [6, 6.07) is 5.96. The van der Waals surface area contributed by atoms with Crippen LogP contribution in [0.3, 0.4) is 0 Å². The van der Waals surface area contributed by atoms with Gasteiger partial charge in [0, 0.05) is 6.42 Å². The second kappa shape index (κ2) is 4.39. The number of halogens is 3. The number of hydrogen-bond donors (Lipinski definition) is 3. The van der Waals surface area contributed by atoms with E-state index in [1.807, 2.05) is 0 Å². The minimum atomic E-state index is -5.00. The van der Waals surface area contributed by atoms with Crippen molar-refractivity contribution in [3.05, 3.63) is 35.9 Å². The second-order valence-corrected chi connectivity index (χ2v) is 4.28. The number of nitrogens with one attached hydrogen (secondary N) is 1. The number of rotatable bonds is 1. The lowest BCUT2D eigenvalue weighted by Gasteiger charge is -2.32. The van der Waals surface area contributed by atoms with Crippen molar-refractivity contribution < 1.29 is 23.1 Å². The van der Waals surface area contributed by atoms with Crippen molar-refractivity contribution >= 4 is 6.03 Å². The van der Waals surface area contributed by atoms with Crippen LogP contribution >= 0.6 is 0 Å². The zero-order valence-corrected chi connectivity index (χ0v) is 9.69. The van der Waals surface area contributed by atoms with E-state index in [9.17, 15) is 23.1 Å². The Kier molecular flexibility index (Phi) is 3.15. The van der Waals surface area contributed by atoms with E-state index in [0.29, 0.717) is 5.56 Å². The molecule has 8 heteroatoms. The average molecular weight is 275 g/mol. The number of carbonyl (C=O) groups is 1. The normalized spacial score (nSPS) is 27.6. The van der Waals surface area contributed by atoms with Crippen LogP contribution in [0.25, 0.3) is 0 Å². The van der Waals surface area contributed by atoms with Crippen LogP contribution in [0.5, 0.6) is 0 Å². The highest BCUT2D eigenvalue weighted by molar-refractivity contribution is 5.72. The van der Waals surface area contributed by atoms with Crippen LogP contribution in [0.4, 0.5) is 18.0 Å². The number of urea groups is 1. The van der Waals surface area contributed by atoms with Gasteiger partial charge >= 0.3 is 12.2 Å². The molecule has 0 aromatic heterocycles. The summed E-state index contributed by atoms with van der Waals surface area (Å²) in [6.07, 6.45) is -5.72. The Labute approximate surface area is 106 Å². The summed E-state index contributed by atoms with van der Waals surface area (Å²) in [5.41, 5.74) is 4.38. The van der Waals surface area contributed by atoms with Crippen molar-refractivity contribution in [3.63, 3.8) is 0 Å². The van der Waals surface area contributed by atoms with Gasteiger partial charge in [0.15, 0.2) is 0 Å². The minimum absolute atomic E-state index is 0.0324. The van der Waals surface area contributed by atoms with E-state index in [0.717, 1.165) is 0 Å². The minimum Gasteiger partial charge on any atom is -0.362 e. The van der Waals surface area contributed by atoms with Gasteiger partial charge in [0.1, 0.15) is 0 Å². The molecule has 1 aliphatic heterocycles. The molecule has 0 aliphatic carbocycles. The van der Waals surface area contributed by atoms with Gasteiger partial charge in [-0.2, -0.15) is 13.2 Å². The number of aliphatic hydroxyl groups is 1. The average Bonchev–Trinajstić information content (AvgIpc) is 2.69. The fraction of sp³-hybridized carbons (Fsp3) is 0.364. The van der Waals surface area contributed by atoms with Crippen molar-refractivity contribution in [1.82, 2.24) is 10.4 Å². The molecule has 1 aliphatic rings. The van der Waals surface area contributed by atoms with Crippen molar-refractivity contribution in [2.75, 3.05) is 0 Å². The molecule has 2 amide bonds. The molecule has 19 heavy (non-hydrogen) atoms. The maximum atomic E-state index is 12.9. The number of nitrogens with zero attached hydrogens (tertiary/aromatic N) is 1. The molecule has 1 fully saturated rings. The highest BCUT2D eigenvalue weighted by Gasteiger charge is 2.64. The summed E-state index contributed by atoms with van der Waals surface area (Å²) >= 11 is 0. The predicted octanol–water partition coefficient (Wildman–Crippen LogP) is 1.27. The number of benzene rings is 1. The standard InChI is InChI=1S/C11H12F3N3O2/c12-11(13,14)10(19)6-8(16-17(10)9(15)18)7-4-2-1-3-5-7/h1-5,8,16,19H,6H2,(H2,15,18). The Morgan fingerprint density at radius 2 is 2.00 bits per heavy atom. The summed E-state index contributed by atoms with van der Waals surface area (Å²) in [4.78, 5) is 11.1. The summed E-state index contributed by atoms with van der Waals surface area (Å²) in [7, 11) is 0. The van der Waals surface area contributed by atoms with Gasteiger partial charge in [0.05, 0.1) is 6.04 Å². The van der Waals surface area contributed by atoms with Gasteiger partial charge < -0.3 is 10.8 Å². The highest BCUT2D eigenvalue weighted by Crippen LogP contribution is 2.43. The highest BCUT2D eigenvalue weighted by atomic mass is 19.4. The van der Waals surface area contributed by atoms with Crippen LogP contribution in [0, 0.1) is 0 Å². The Morgan fingerprint density at radius 1 is 1.42 bits per heavy atom. The summed E-state index contributed by atoms with van der Waals surface area (Å²) in [6.45, 7) is 0. The van der Waals surface area contributed by atoms with Crippen LogP contribution in [0.1, 0.15) is 18.0 Å². The molecule has 2 atom stereocenters. The molecule has 1 heterocycles. The van der Waals surface area contributed by atoms with E-state index < -0.39 is 30.4 Å². The molecular weight excluding hydrogens is 263 g/mol. The van der Waals surface area contributed by atoms with Gasteiger partial charge in [0.25, 0.3) is 5.72 Å². The predicted molar refractivity (Wildman–Crippen MR) is 59.4 cm³/mol. The molecule has 104 valence electrons. The lowest BCUT2D eigenvalue weighted by Crippen LogP contribution is -2.61. The Bertz CT molecular complexity index is 480. The van der Waals surface area contributed by atoms with Gasteiger partial charge in [-0.25, -0.2) is 15.2 Å². The van der Waals surface area contributed by atoms with Crippen molar-refractivity contribution in [2.24, 2.45) is 5.73 Å². The van der Waals surface area contributed by atoms with E-state index in [1.54, 1.807) is 30.3 Å². The maximum Gasteiger partial charge on any atom is 0.438 e. The molecule has 0 spiro atoms. The monoisotopic (exact) mass is 275 g/mol. The third-order valence-electron chi connectivity index (χ3n) is 3.02. The molecule has 1 aromatic rings. The third kappa shape index (κ3) is 2.24. The zero-order chi connectivity index (χ0) is 14.3. The number of hydrogen-bond acceptors (Lipinski definition) is 3. The second-order valence-electron chi connectivity index (χ2n) is 4.28. The van der Waals surface area contributed by atoms with Crippen LogP contribution in [-0.2, 0) is 0 Å². The van der Waals surface area contributed by atoms with E-state index in [-0.39, 0.29) is 5.01 Å². The van der Waals surface area contributed by atoms with Gasteiger partial charge in [-0.1, -0.05) is 30.3 Å². The lowest BCUT2D eigenvalue weighted by atomic mass is 9.99. The number of alkyl halides is 3. The van der Waals surface area contributed by atoms with Crippen molar-refractivity contribution in [1.29, 1.82) is 0 Å². The van der Waals surface area contributed by atoms with Crippen molar-refractivity contribution in [2.45, 2.75) is 24.4 Å². The van der Waals surface area contributed by atoms with Crippen LogP contribution in [0.2, 0.25) is 0 Å². The molecule has 5 nitrogen and oxygen atoms in total. The van der Waals surface area contributed by atoms with Crippen LogP contribution in [-0.4, -0.2) is 28.0 Å². The molecule has 1 aromatic carbocycles. The van der Waals surface area contributed by atoms with Crippen molar-refractivity contribution in [3.8, 4) is 0 Å². The van der Waals surface area contributed by atoms with Gasteiger partial charge in [-0.05, 0) is 5.56 Å². The smallest absolute Gasteiger partial charge is 0.362 e. The largest absolute Gasteiger partial charge is 0.438 e. The van der Waals surface area contributed by atoms with Crippen LogP contribution < -0.4 is 11.2 Å². The van der Waals surface area contributed by atoms with Gasteiger partial charge in [-0.15, -0.1) is 0 Å². The lowest BCUT2D eigenvalue weighted by molar-refractivity contribution is -0.299. The molecule has 4 N–H and O–H groups in total. The number of hydrazine groups is 1. The third-order valence-corrected chi connectivity index (χ3v) is 3.02. The Morgan fingerprint density at radius 3 is 2.42 bits per heavy atom. The first-order chi connectivity index (χ1) is 8.75. The SMILES string of the molecule is NC(=O)N1NC(c2ccccc2)CC1(O)C(F)(F)F. The topological polar surface area (TPSA) is 78.6 Å². The number of nitrogens with two attached hydrogens (primary N) is 1.